The molecule has 1 spiro atoms. The van der Waals surface area contributed by atoms with Gasteiger partial charge in [0.25, 0.3) is 5.91 Å². The first kappa shape index (κ1) is 24.7. The lowest BCUT2D eigenvalue weighted by molar-refractivity contribution is -0.153. The van der Waals surface area contributed by atoms with E-state index in [1.807, 2.05) is 56.3 Å². The zero-order valence-corrected chi connectivity index (χ0v) is 21.0. The smallest absolute Gasteiger partial charge is 0.416 e. The van der Waals surface area contributed by atoms with Crippen LogP contribution in [0.5, 0.6) is 0 Å². The van der Waals surface area contributed by atoms with Crippen LogP contribution in [0.1, 0.15) is 39.7 Å². The van der Waals surface area contributed by atoms with Crippen LogP contribution in [0.15, 0.2) is 54.8 Å². The normalized spacial score (nSPS) is 45.8. The van der Waals surface area contributed by atoms with E-state index in [0.717, 1.165) is 17.9 Å². The van der Waals surface area contributed by atoms with Crippen molar-refractivity contribution in [3.8, 4) is 0 Å². The van der Waals surface area contributed by atoms with Crippen LogP contribution in [0.4, 0.5) is 4.79 Å². The predicted molar refractivity (Wildman–Crippen MR) is 129 cm³/mol. The molecule has 5 rings (SSSR count). The lowest BCUT2D eigenvalue weighted by atomic mass is 9.59. The standard InChI is InChI=1S/C28H33NO7/c1-16-9-8-12-19-23-27(4,35-23)17(2)21-20(15-18-10-6-5-7-11-18)29-24(31)28(19,21)36-25(32)34-14-13-26(3,33)22(16)30/h5-8,10-14,16-17,19-21,23,33H,9,15H2,1-4H3,(H,29,31)/b12-8+,14-13+/t16-,17-,19-,20-,21+,23-,26+,27+,28+/m0/s1. The molecule has 1 aliphatic carbocycles. The summed E-state index contributed by atoms with van der Waals surface area (Å²) in [4.78, 5) is 39.5. The maximum atomic E-state index is 13.8. The quantitative estimate of drug-likeness (QED) is 0.368. The lowest BCUT2D eigenvalue weighted by Crippen LogP contribution is -2.61. The van der Waals surface area contributed by atoms with Gasteiger partial charge in [0.05, 0.1) is 23.9 Å². The second-order valence-electron chi connectivity index (χ2n) is 11.0. The fourth-order valence-corrected chi connectivity index (χ4v) is 6.51. The maximum absolute atomic E-state index is 13.8. The number of hydrogen-bond donors (Lipinski definition) is 2. The summed E-state index contributed by atoms with van der Waals surface area (Å²) in [5.74, 6) is -2.32. The van der Waals surface area contributed by atoms with Gasteiger partial charge in [-0.2, -0.15) is 0 Å². The van der Waals surface area contributed by atoms with Crippen LogP contribution >= 0.6 is 0 Å². The summed E-state index contributed by atoms with van der Waals surface area (Å²) in [6, 6.07) is 9.58. The Kier molecular flexibility index (Phi) is 5.87. The third kappa shape index (κ3) is 3.78. The molecule has 2 N–H and O–H groups in total. The fraction of sp³-hybridized carbons (Fsp3) is 0.536. The van der Waals surface area contributed by atoms with Crippen molar-refractivity contribution < 1.29 is 33.7 Å². The van der Waals surface area contributed by atoms with Crippen molar-refractivity contribution >= 4 is 17.8 Å². The van der Waals surface area contributed by atoms with Crippen LogP contribution in [0.3, 0.4) is 0 Å². The van der Waals surface area contributed by atoms with Crippen molar-refractivity contribution in [3.05, 3.63) is 60.4 Å². The minimum Gasteiger partial charge on any atom is -0.416 e. The highest BCUT2D eigenvalue weighted by molar-refractivity contribution is 5.92. The first-order valence-electron chi connectivity index (χ1n) is 12.5. The van der Waals surface area contributed by atoms with Crippen molar-refractivity contribution in [1.82, 2.24) is 5.32 Å². The highest BCUT2D eigenvalue weighted by Gasteiger charge is 2.78. The van der Waals surface area contributed by atoms with Crippen LogP contribution in [-0.4, -0.2) is 51.9 Å². The van der Waals surface area contributed by atoms with Gasteiger partial charge in [0.15, 0.2) is 5.78 Å². The van der Waals surface area contributed by atoms with Gasteiger partial charge in [0.1, 0.15) is 5.60 Å². The highest BCUT2D eigenvalue weighted by atomic mass is 16.7. The number of carbonyl (C=O) groups is 3. The third-order valence-corrected chi connectivity index (χ3v) is 8.64. The molecular formula is C28H33NO7. The Bertz CT molecular complexity index is 1130. The zero-order valence-electron chi connectivity index (χ0n) is 21.0. The molecule has 0 bridgehead atoms. The second kappa shape index (κ2) is 8.56. The molecule has 36 heavy (non-hydrogen) atoms. The topological polar surface area (TPSA) is 114 Å². The first-order valence-corrected chi connectivity index (χ1v) is 12.5. The Hall–Kier alpha value is -2.97. The van der Waals surface area contributed by atoms with E-state index in [1.165, 1.54) is 6.92 Å². The van der Waals surface area contributed by atoms with Crippen molar-refractivity contribution in [3.63, 3.8) is 0 Å². The molecule has 1 aromatic rings. The Morgan fingerprint density at radius 1 is 1.11 bits per heavy atom. The highest BCUT2D eigenvalue weighted by Crippen LogP contribution is 2.63. The molecule has 8 nitrogen and oxygen atoms in total. The number of aliphatic hydroxyl groups is 1. The zero-order chi connectivity index (χ0) is 25.9. The number of amides is 1. The van der Waals surface area contributed by atoms with Gasteiger partial charge in [-0.05, 0) is 44.2 Å². The number of carbonyl (C=O) groups excluding carboxylic acids is 3. The molecule has 4 aliphatic rings. The molecule has 2 saturated heterocycles. The average molecular weight is 496 g/mol. The predicted octanol–water partition coefficient (Wildman–Crippen LogP) is 3.09. The summed E-state index contributed by atoms with van der Waals surface area (Å²) in [7, 11) is 0. The molecule has 3 heterocycles. The van der Waals surface area contributed by atoms with Gasteiger partial charge in [0, 0.05) is 17.9 Å². The number of cyclic esters (lactones) is 1. The Labute approximate surface area is 210 Å². The van der Waals surface area contributed by atoms with E-state index in [2.05, 4.69) is 5.32 Å². The number of ether oxygens (including phenoxy) is 3. The van der Waals surface area contributed by atoms with Crippen LogP contribution in [0.2, 0.25) is 0 Å². The van der Waals surface area contributed by atoms with Crippen LogP contribution < -0.4 is 5.32 Å². The van der Waals surface area contributed by atoms with Gasteiger partial charge in [-0.3, -0.25) is 9.59 Å². The van der Waals surface area contributed by atoms with Crippen LogP contribution in [0, 0.1) is 23.7 Å². The van der Waals surface area contributed by atoms with Crippen molar-refractivity contribution in [2.45, 2.75) is 69.5 Å². The summed E-state index contributed by atoms with van der Waals surface area (Å²) in [5.41, 5.74) is -2.76. The summed E-state index contributed by atoms with van der Waals surface area (Å²) in [6.07, 6.45) is 5.28. The number of hydrogen-bond acceptors (Lipinski definition) is 7. The molecular weight excluding hydrogens is 462 g/mol. The van der Waals surface area contributed by atoms with E-state index >= 15 is 0 Å². The molecule has 1 saturated carbocycles. The Balaban J connectivity index is 1.58. The summed E-state index contributed by atoms with van der Waals surface area (Å²) < 4.78 is 17.3. The molecule has 192 valence electrons. The van der Waals surface area contributed by atoms with E-state index in [1.54, 1.807) is 6.92 Å². The van der Waals surface area contributed by atoms with Gasteiger partial charge in [-0.15, -0.1) is 0 Å². The third-order valence-electron chi connectivity index (χ3n) is 8.64. The van der Waals surface area contributed by atoms with Crippen molar-refractivity contribution in [2.24, 2.45) is 23.7 Å². The molecule has 9 atom stereocenters. The Morgan fingerprint density at radius 3 is 2.56 bits per heavy atom. The molecule has 8 heteroatoms. The van der Waals surface area contributed by atoms with E-state index < -0.39 is 40.6 Å². The second-order valence-corrected chi connectivity index (χ2v) is 11.0. The van der Waals surface area contributed by atoms with Crippen LogP contribution in [0.25, 0.3) is 0 Å². The van der Waals surface area contributed by atoms with Gasteiger partial charge in [-0.25, -0.2) is 4.79 Å². The molecule has 0 aromatic heterocycles. The van der Waals surface area contributed by atoms with E-state index in [4.69, 9.17) is 14.2 Å². The summed E-state index contributed by atoms with van der Waals surface area (Å²) >= 11 is 0. The minimum atomic E-state index is -1.81. The number of benzene rings is 1. The maximum Gasteiger partial charge on any atom is 0.514 e. The summed E-state index contributed by atoms with van der Waals surface area (Å²) in [6.45, 7) is 7.15. The number of fused-ring (bicyclic) bond motifs is 2. The number of rotatable bonds is 2. The van der Waals surface area contributed by atoms with Crippen LogP contribution in [-0.2, 0) is 30.2 Å². The van der Waals surface area contributed by atoms with Gasteiger partial charge in [-0.1, -0.05) is 56.3 Å². The van der Waals surface area contributed by atoms with E-state index in [0.29, 0.717) is 12.8 Å². The number of allylic oxidation sites excluding steroid dienone is 1. The average Bonchev–Trinajstić information content (AvgIpc) is 3.45. The summed E-state index contributed by atoms with van der Waals surface area (Å²) in [5, 5.41) is 13.7. The first-order chi connectivity index (χ1) is 17.0. The molecule has 1 amide bonds. The van der Waals surface area contributed by atoms with E-state index in [-0.39, 0.29) is 29.9 Å². The van der Waals surface area contributed by atoms with Gasteiger partial charge >= 0.3 is 6.16 Å². The van der Waals surface area contributed by atoms with E-state index in [9.17, 15) is 19.5 Å². The number of Topliss-reactive ketones (excluding diaryl/α,β-unsaturated/α-hetero) is 1. The van der Waals surface area contributed by atoms with Crippen molar-refractivity contribution in [1.29, 1.82) is 0 Å². The number of epoxide rings is 1. The molecule has 3 aliphatic heterocycles. The lowest BCUT2D eigenvalue weighted by Gasteiger charge is -2.45. The minimum absolute atomic E-state index is 0.0972. The molecule has 3 fully saturated rings. The largest absolute Gasteiger partial charge is 0.514 e. The van der Waals surface area contributed by atoms with Gasteiger partial charge < -0.3 is 24.6 Å². The molecule has 0 unspecified atom stereocenters. The SMILES string of the molecule is C[C@H]1C/C=C/[C@H]2[C@@H]3O[C@]3(C)[C@@H](C)[C@@H]3[C@H](Cc4ccccc4)NC(=O)[C@]32OC(=O)O/C=C/[C@@](C)(O)C1=O. The monoisotopic (exact) mass is 495 g/mol. The number of ketones is 1. The molecule has 1 aromatic carbocycles. The van der Waals surface area contributed by atoms with Crippen molar-refractivity contribution in [2.75, 3.05) is 0 Å². The Morgan fingerprint density at radius 2 is 1.83 bits per heavy atom. The van der Waals surface area contributed by atoms with Gasteiger partial charge in [0.2, 0.25) is 5.60 Å². The molecule has 0 radical (unpaired) electrons. The number of nitrogens with one attached hydrogen (secondary N) is 1. The fourth-order valence-electron chi connectivity index (χ4n) is 6.51.